The third-order valence-electron chi connectivity index (χ3n) is 4.71. The number of nitrogens with one attached hydrogen (secondary N) is 2. The van der Waals surface area contributed by atoms with E-state index in [1.165, 1.54) is 12.1 Å². The van der Waals surface area contributed by atoms with Crippen LogP contribution in [-0.2, 0) is 10.0 Å². The second kappa shape index (κ2) is 9.45. The Bertz CT molecular complexity index is 1080. The summed E-state index contributed by atoms with van der Waals surface area (Å²) in [5, 5.41) is 2.86. The van der Waals surface area contributed by atoms with Gasteiger partial charge in [-0.3, -0.25) is 9.52 Å². The lowest BCUT2D eigenvalue weighted by Gasteiger charge is -2.21. The molecule has 0 bridgehead atoms. The number of hydrogen-bond acceptors (Lipinski definition) is 4. The van der Waals surface area contributed by atoms with Crippen LogP contribution in [0.4, 0.5) is 17.1 Å². The van der Waals surface area contributed by atoms with Gasteiger partial charge in [0.25, 0.3) is 15.9 Å². The number of amides is 1. The van der Waals surface area contributed by atoms with Crippen molar-refractivity contribution in [1.82, 2.24) is 0 Å². The molecule has 30 heavy (non-hydrogen) atoms. The van der Waals surface area contributed by atoms with Crippen molar-refractivity contribution in [2.24, 2.45) is 0 Å². The topological polar surface area (TPSA) is 78.5 Å². The predicted octanol–water partition coefficient (Wildman–Crippen LogP) is 4.59. The molecular formula is C23H25N3O3S. The van der Waals surface area contributed by atoms with Crippen LogP contribution in [0.3, 0.4) is 0 Å². The minimum absolute atomic E-state index is 0.181. The maximum Gasteiger partial charge on any atom is 0.261 e. The molecule has 6 nitrogen and oxygen atoms in total. The molecule has 2 N–H and O–H groups in total. The number of nitrogens with zero attached hydrogens (tertiary/aromatic N) is 1. The van der Waals surface area contributed by atoms with Crippen molar-refractivity contribution in [3.63, 3.8) is 0 Å². The van der Waals surface area contributed by atoms with Gasteiger partial charge in [0.2, 0.25) is 0 Å². The van der Waals surface area contributed by atoms with Gasteiger partial charge in [0, 0.05) is 35.7 Å². The predicted molar refractivity (Wildman–Crippen MR) is 122 cm³/mol. The van der Waals surface area contributed by atoms with E-state index in [4.69, 9.17) is 0 Å². The van der Waals surface area contributed by atoms with E-state index in [1.54, 1.807) is 42.5 Å². The molecule has 0 fully saturated rings. The van der Waals surface area contributed by atoms with E-state index in [9.17, 15) is 13.2 Å². The van der Waals surface area contributed by atoms with Crippen LogP contribution in [0.5, 0.6) is 0 Å². The van der Waals surface area contributed by atoms with E-state index in [0.717, 1.165) is 18.8 Å². The zero-order valence-corrected chi connectivity index (χ0v) is 17.8. The van der Waals surface area contributed by atoms with Gasteiger partial charge < -0.3 is 10.2 Å². The molecule has 0 unspecified atom stereocenters. The average Bonchev–Trinajstić information content (AvgIpc) is 2.76. The summed E-state index contributed by atoms with van der Waals surface area (Å²) in [6, 6.07) is 22.1. The van der Waals surface area contributed by atoms with Gasteiger partial charge in [0.15, 0.2) is 0 Å². The Balaban J connectivity index is 1.65. The summed E-state index contributed by atoms with van der Waals surface area (Å²) in [5.41, 5.74) is 2.63. The van der Waals surface area contributed by atoms with Crippen LogP contribution >= 0.6 is 0 Å². The molecule has 0 spiro atoms. The van der Waals surface area contributed by atoms with E-state index >= 15 is 0 Å². The van der Waals surface area contributed by atoms with Crippen LogP contribution < -0.4 is 14.9 Å². The summed E-state index contributed by atoms with van der Waals surface area (Å²) in [7, 11) is -3.67. The Morgan fingerprint density at radius 2 is 1.37 bits per heavy atom. The van der Waals surface area contributed by atoms with Crippen LogP contribution in [0.2, 0.25) is 0 Å². The molecule has 3 aromatic carbocycles. The van der Waals surface area contributed by atoms with Crippen LogP contribution in [0.15, 0.2) is 83.8 Å². The number of carbonyl (C=O) groups is 1. The molecule has 1 amide bonds. The Morgan fingerprint density at radius 3 is 1.93 bits per heavy atom. The molecule has 7 heteroatoms. The van der Waals surface area contributed by atoms with Gasteiger partial charge >= 0.3 is 0 Å². The average molecular weight is 424 g/mol. The smallest absolute Gasteiger partial charge is 0.261 e. The van der Waals surface area contributed by atoms with E-state index in [-0.39, 0.29) is 10.8 Å². The monoisotopic (exact) mass is 423 g/mol. The van der Waals surface area contributed by atoms with Crippen molar-refractivity contribution < 1.29 is 13.2 Å². The Morgan fingerprint density at radius 1 is 0.800 bits per heavy atom. The largest absolute Gasteiger partial charge is 0.372 e. The van der Waals surface area contributed by atoms with E-state index in [2.05, 4.69) is 28.8 Å². The normalized spacial score (nSPS) is 11.0. The van der Waals surface area contributed by atoms with Crippen LogP contribution in [0.25, 0.3) is 0 Å². The lowest BCUT2D eigenvalue weighted by Crippen LogP contribution is -2.21. The summed E-state index contributed by atoms with van der Waals surface area (Å²) in [4.78, 5) is 14.9. The zero-order chi connectivity index (χ0) is 21.6. The maximum absolute atomic E-state index is 12.5. The van der Waals surface area contributed by atoms with Gasteiger partial charge in [-0.25, -0.2) is 8.42 Å². The first-order chi connectivity index (χ1) is 14.4. The third-order valence-corrected chi connectivity index (χ3v) is 6.10. The van der Waals surface area contributed by atoms with Gasteiger partial charge in [0.05, 0.1) is 4.90 Å². The third kappa shape index (κ3) is 5.18. The summed E-state index contributed by atoms with van der Waals surface area (Å²) in [6.45, 7) is 6.04. The van der Waals surface area contributed by atoms with Crippen molar-refractivity contribution in [2.75, 3.05) is 28.0 Å². The Kier molecular flexibility index (Phi) is 6.74. The second-order valence-corrected chi connectivity index (χ2v) is 8.35. The van der Waals surface area contributed by atoms with Crippen molar-refractivity contribution in [3.05, 3.63) is 84.4 Å². The highest BCUT2D eigenvalue weighted by Crippen LogP contribution is 2.20. The number of sulfonamides is 1. The van der Waals surface area contributed by atoms with E-state index < -0.39 is 10.0 Å². The van der Waals surface area contributed by atoms with Crippen molar-refractivity contribution >= 4 is 33.0 Å². The first-order valence-electron chi connectivity index (χ1n) is 9.77. The molecule has 0 radical (unpaired) electrons. The van der Waals surface area contributed by atoms with E-state index in [0.29, 0.717) is 16.9 Å². The Labute approximate surface area is 177 Å². The summed E-state index contributed by atoms with van der Waals surface area (Å²) in [6.07, 6.45) is 0. The van der Waals surface area contributed by atoms with Crippen LogP contribution in [-0.4, -0.2) is 27.4 Å². The quantitative estimate of drug-likeness (QED) is 0.556. The minimum atomic E-state index is -3.67. The molecule has 0 aliphatic rings. The molecule has 3 aromatic rings. The molecule has 0 atom stereocenters. The molecule has 0 saturated heterocycles. The molecular weight excluding hydrogens is 398 g/mol. The number of hydrogen-bond donors (Lipinski definition) is 2. The number of carbonyl (C=O) groups excluding carboxylic acids is 1. The van der Waals surface area contributed by atoms with Gasteiger partial charge in [-0.1, -0.05) is 18.2 Å². The van der Waals surface area contributed by atoms with E-state index in [1.807, 2.05) is 24.3 Å². The fourth-order valence-corrected chi connectivity index (χ4v) is 4.13. The summed E-state index contributed by atoms with van der Waals surface area (Å²) >= 11 is 0. The summed E-state index contributed by atoms with van der Waals surface area (Å²) in [5.74, 6) is -0.261. The van der Waals surface area contributed by atoms with Crippen molar-refractivity contribution in [3.8, 4) is 0 Å². The lowest BCUT2D eigenvalue weighted by atomic mass is 10.2. The van der Waals surface area contributed by atoms with Crippen molar-refractivity contribution in [2.45, 2.75) is 18.7 Å². The molecule has 0 aliphatic carbocycles. The lowest BCUT2D eigenvalue weighted by molar-refractivity contribution is 0.102. The Hall–Kier alpha value is -3.32. The van der Waals surface area contributed by atoms with Gasteiger partial charge in [-0.15, -0.1) is 0 Å². The molecule has 0 saturated carbocycles. The fraction of sp³-hybridized carbons (Fsp3) is 0.174. The first kappa shape index (κ1) is 21.4. The van der Waals surface area contributed by atoms with Crippen molar-refractivity contribution in [1.29, 1.82) is 0 Å². The molecule has 0 aromatic heterocycles. The van der Waals surface area contributed by atoms with Gasteiger partial charge in [0.1, 0.15) is 0 Å². The fourth-order valence-electron chi connectivity index (χ4n) is 3.05. The first-order valence-corrected chi connectivity index (χ1v) is 11.3. The van der Waals surface area contributed by atoms with Crippen LogP contribution in [0.1, 0.15) is 24.2 Å². The van der Waals surface area contributed by atoms with Gasteiger partial charge in [-0.2, -0.15) is 0 Å². The highest BCUT2D eigenvalue weighted by atomic mass is 32.2. The second-order valence-electron chi connectivity index (χ2n) is 6.67. The standard InChI is InChI=1S/C23H25N3O3S/c1-3-26(4-2)21-16-14-19(15-17-21)24-23(27)18-10-12-20(13-11-18)25-30(28,29)22-8-6-5-7-9-22/h5-17,25H,3-4H2,1-2H3,(H,24,27). The number of rotatable bonds is 8. The highest BCUT2D eigenvalue weighted by molar-refractivity contribution is 7.92. The minimum Gasteiger partial charge on any atom is -0.372 e. The van der Waals surface area contributed by atoms with Gasteiger partial charge in [-0.05, 0) is 74.5 Å². The summed E-state index contributed by atoms with van der Waals surface area (Å²) < 4.78 is 27.3. The number of anilines is 3. The highest BCUT2D eigenvalue weighted by Gasteiger charge is 2.14. The molecule has 0 aliphatic heterocycles. The zero-order valence-electron chi connectivity index (χ0n) is 17.0. The maximum atomic E-state index is 12.5. The van der Waals surface area contributed by atoms with Crippen LogP contribution in [0, 0.1) is 0 Å². The molecule has 3 rings (SSSR count). The molecule has 0 heterocycles. The number of benzene rings is 3. The SMILES string of the molecule is CCN(CC)c1ccc(NC(=O)c2ccc(NS(=O)(=O)c3ccccc3)cc2)cc1. The molecule has 156 valence electrons.